The Morgan fingerprint density at radius 3 is 2.59 bits per heavy atom. The van der Waals surface area contributed by atoms with Crippen LogP contribution in [0.4, 0.5) is 0 Å². The maximum Gasteiger partial charge on any atom is 0.240 e. The summed E-state index contributed by atoms with van der Waals surface area (Å²) in [5, 5.41) is 0. The van der Waals surface area contributed by atoms with Crippen molar-refractivity contribution in [2.45, 2.75) is 18.4 Å². The lowest BCUT2D eigenvalue weighted by Crippen LogP contribution is -2.23. The number of nitrogens with zero attached hydrogens (tertiary/aromatic N) is 2. The van der Waals surface area contributed by atoms with Crippen molar-refractivity contribution in [2.24, 2.45) is 7.05 Å². The van der Waals surface area contributed by atoms with Crippen LogP contribution in [0, 0.1) is 6.92 Å². The zero-order valence-electron chi connectivity index (χ0n) is 12.4. The molecule has 0 spiro atoms. The first-order chi connectivity index (χ1) is 10.5. The number of benzene rings is 2. The summed E-state index contributed by atoms with van der Waals surface area (Å²) in [6.45, 7) is 2.18. The molecular formula is C16H17N3O2S. The lowest BCUT2D eigenvalue weighted by atomic mass is 10.2. The molecular weight excluding hydrogens is 298 g/mol. The summed E-state index contributed by atoms with van der Waals surface area (Å²) in [4.78, 5) is 4.73. The van der Waals surface area contributed by atoms with Crippen LogP contribution in [0.1, 0.15) is 11.4 Å². The first-order valence-electron chi connectivity index (χ1n) is 6.94. The zero-order valence-corrected chi connectivity index (χ0v) is 13.3. The highest BCUT2D eigenvalue weighted by Gasteiger charge is 2.13. The van der Waals surface area contributed by atoms with Crippen molar-refractivity contribution in [1.29, 1.82) is 0 Å². The predicted molar refractivity (Wildman–Crippen MR) is 85.9 cm³/mol. The Labute approximate surface area is 129 Å². The van der Waals surface area contributed by atoms with Gasteiger partial charge >= 0.3 is 0 Å². The Kier molecular flexibility index (Phi) is 3.72. The number of imidazole rings is 1. The maximum absolute atomic E-state index is 12.2. The Morgan fingerprint density at radius 2 is 1.86 bits per heavy atom. The Hall–Kier alpha value is -2.18. The van der Waals surface area contributed by atoms with Gasteiger partial charge in [0, 0.05) is 13.6 Å². The molecule has 0 aliphatic heterocycles. The molecule has 2 aromatic carbocycles. The molecule has 0 radical (unpaired) electrons. The zero-order chi connectivity index (χ0) is 15.7. The molecule has 0 saturated carbocycles. The van der Waals surface area contributed by atoms with Crippen LogP contribution in [0.25, 0.3) is 11.0 Å². The molecule has 0 aliphatic rings. The van der Waals surface area contributed by atoms with Crippen molar-refractivity contribution in [3.8, 4) is 0 Å². The van der Waals surface area contributed by atoms with Crippen LogP contribution in [0.5, 0.6) is 0 Å². The summed E-state index contributed by atoms with van der Waals surface area (Å²) in [6.07, 6.45) is 0. The second-order valence-corrected chi connectivity index (χ2v) is 6.95. The van der Waals surface area contributed by atoms with E-state index in [1.807, 2.05) is 36.7 Å². The summed E-state index contributed by atoms with van der Waals surface area (Å²) in [6, 6.07) is 14.1. The first-order valence-corrected chi connectivity index (χ1v) is 8.42. The first kappa shape index (κ1) is 14.7. The maximum atomic E-state index is 12.2. The van der Waals surface area contributed by atoms with E-state index >= 15 is 0 Å². The number of aryl methyl sites for hydroxylation is 2. The normalized spacial score (nSPS) is 11.9. The lowest BCUT2D eigenvalue weighted by Gasteiger charge is -2.07. The van der Waals surface area contributed by atoms with Gasteiger partial charge in [0.05, 0.1) is 15.9 Å². The Bertz CT molecular complexity index is 915. The van der Waals surface area contributed by atoms with Gasteiger partial charge in [-0.2, -0.15) is 0 Å². The number of hydrogen-bond acceptors (Lipinski definition) is 3. The van der Waals surface area contributed by atoms with Crippen LogP contribution in [-0.4, -0.2) is 18.0 Å². The number of fused-ring (bicyclic) bond motifs is 1. The molecule has 1 heterocycles. The van der Waals surface area contributed by atoms with E-state index in [-0.39, 0.29) is 11.4 Å². The summed E-state index contributed by atoms with van der Waals surface area (Å²) in [5.41, 5.74) is 2.79. The highest BCUT2D eigenvalue weighted by molar-refractivity contribution is 7.89. The third-order valence-electron chi connectivity index (χ3n) is 3.69. The highest BCUT2D eigenvalue weighted by atomic mass is 32.2. The lowest BCUT2D eigenvalue weighted by molar-refractivity contribution is 0.581. The van der Waals surface area contributed by atoms with E-state index in [9.17, 15) is 8.42 Å². The molecule has 0 atom stereocenters. The fraction of sp³-hybridized carbons (Fsp3) is 0.188. The SMILES string of the molecule is Cc1nc2cc(CNS(=O)(=O)c3ccccc3)ccc2n1C. The van der Waals surface area contributed by atoms with Crippen LogP contribution in [-0.2, 0) is 23.6 Å². The average molecular weight is 315 g/mol. The van der Waals surface area contributed by atoms with Gasteiger partial charge in [0.1, 0.15) is 5.82 Å². The molecule has 0 bridgehead atoms. The smallest absolute Gasteiger partial charge is 0.240 e. The molecule has 114 valence electrons. The molecule has 6 heteroatoms. The van der Waals surface area contributed by atoms with E-state index in [1.54, 1.807) is 30.3 Å². The fourth-order valence-electron chi connectivity index (χ4n) is 2.34. The second-order valence-electron chi connectivity index (χ2n) is 5.18. The number of hydrogen-bond donors (Lipinski definition) is 1. The standard InChI is InChI=1S/C16H17N3O2S/c1-12-18-15-10-13(8-9-16(15)19(12)2)11-17-22(20,21)14-6-4-3-5-7-14/h3-10,17H,11H2,1-2H3. The van der Waals surface area contributed by atoms with Crippen molar-refractivity contribution < 1.29 is 8.42 Å². The number of aromatic nitrogens is 2. The second kappa shape index (κ2) is 5.55. The molecule has 0 unspecified atom stereocenters. The van der Waals surface area contributed by atoms with E-state index in [2.05, 4.69) is 9.71 Å². The van der Waals surface area contributed by atoms with Gasteiger partial charge in [-0.1, -0.05) is 24.3 Å². The molecule has 3 aromatic rings. The van der Waals surface area contributed by atoms with E-state index in [0.717, 1.165) is 22.4 Å². The summed E-state index contributed by atoms with van der Waals surface area (Å²) in [5.74, 6) is 0.928. The average Bonchev–Trinajstić information content (AvgIpc) is 2.81. The molecule has 0 fully saturated rings. The molecule has 1 aromatic heterocycles. The topological polar surface area (TPSA) is 64.0 Å². The third kappa shape index (κ3) is 2.75. The van der Waals surface area contributed by atoms with Gasteiger partial charge in [-0.05, 0) is 36.8 Å². The highest BCUT2D eigenvalue weighted by Crippen LogP contribution is 2.17. The van der Waals surface area contributed by atoms with Crippen molar-refractivity contribution in [3.63, 3.8) is 0 Å². The van der Waals surface area contributed by atoms with Crippen LogP contribution in [0.2, 0.25) is 0 Å². The third-order valence-corrected chi connectivity index (χ3v) is 5.11. The quantitative estimate of drug-likeness (QED) is 0.804. The van der Waals surface area contributed by atoms with Crippen molar-refractivity contribution >= 4 is 21.1 Å². The van der Waals surface area contributed by atoms with Gasteiger partial charge in [-0.3, -0.25) is 0 Å². The molecule has 22 heavy (non-hydrogen) atoms. The molecule has 0 amide bonds. The van der Waals surface area contributed by atoms with Gasteiger partial charge in [0.2, 0.25) is 10.0 Å². The summed E-state index contributed by atoms with van der Waals surface area (Å²) >= 11 is 0. The van der Waals surface area contributed by atoms with Crippen molar-refractivity contribution in [2.75, 3.05) is 0 Å². The van der Waals surface area contributed by atoms with E-state index in [0.29, 0.717) is 0 Å². The largest absolute Gasteiger partial charge is 0.331 e. The number of sulfonamides is 1. The molecule has 0 aliphatic carbocycles. The fourth-order valence-corrected chi connectivity index (χ4v) is 3.38. The van der Waals surface area contributed by atoms with Gasteiger partial charge in [-0.25, -0.2) is 18.1 Å². The van der Waals surface area contributed by atoms with Crippen LogP contribution >= 0.6 is 0 Å². The van der Waals surface area contributed by atoms with Gasteiger partial charge in [0.15, 0.2) is 0 Å². The number of rotatable bonds is 4. The van der Waals surface area contributed by atoms with Gasteiger partial charge < -0.3 is 4.57 Å². The minimum absolute atomic E-state index is 0.239. The summed E-state index contributed by atoms with van der Waals surface area (Å²) < 4.78 is 29.0. The molecule has 3 rings (SSSR count). The van der Waals surface area contributed by atoms with Crippen LogP contribution in [0.15, 0.2) is 53.4 Å². The Morgan fingerprint density at radius 1 is 1.14 bits per heavy atom. The number of nitrogens with one attached hydrogen (secondary N) is 1. The summed E-state index contributed by atoms with van der Waals surface area (Å²) in [7, 11) is -1.53. The van der Waals surface area contributed by atoms with E-state index in [1.165, 1.54) is 0 Å². The van der Waals surface area contributed by atoms with E-state index < -0.39 is 10.0 Å². The Balaban J connectivity index is 1.82. The van der Waals surface area contributed by atoms with Gasteiger partial charge in [0.25, 0.3) is 0 Å². The van der Waals surface area contributed by atoms with Crippen LogP contribution < -0.4 is 4.72 Å². The van der Waals surface area contributed by atoms with E-state index in [4.69, 9.17) is 0 Å². The minimum atomic E-state index is -3.49. The predicted octanol–water partition coefficient (Wildman–Crippen LogP) is 2.36. The monoisotopic (exact) mass is 315 g/mol. The molecule has 5 nitrogen and oxygen atoms in total. The van der Waals surface area contributed by atoms with Crippen LogP contribution in [0.3, 0.4) is 0 Å². The van der Waals surface area contributed by atoms with Gasteiger partial charge in [-0.15, -0.1) is 0 Å². The van der Waals surface area contributed by atoms with Crippen molar-refractivity contribution in [3.05, 3.63) is 59.9 Å². The molecule has 1 N–H and O–H groups in total. The minimum Gasteiger partial charge on any atom is -0.331 e. The van der Waals surface area contributed by atoms with Crippen molar-refractivity contribution in [1.82, 2.24) is 14.3 Å². The molecule has 0 saturated heterocycles.